The van der Waals surface area contributed by atoms with Crippen LogP contribution in [0.3, 0.4) is 0 Å². The van der Waals surface area contributed by atoms with E-state index in [1.165, 1.54) is 12.3 Å². The molecule has 2 rings (SSSR count). The third-order valence-electron chi connectivity index (χ3n) is 2.00. The Morgan fingerprint density at radius 3 is 2.80 bits per heavy atom. The van der Waals surface area contributed by atoms with Gasteiger partial charge in [0, 0.05) is 25.0 Å². The zero-order chi connectivity index (χ0) is 10.8. The molecule has 0 aliphatic rings. The highest BCUT2D eigenvalue weighted by atomic mass is 16.4. The molecule has 0 fully saturated rings. The zero-order valence-electron chi connectivity index (χ0n) is 7.95. The van der Waals surface area contributed by atoms with Gasteiger partial charge >= 0.3 is 5.97 Å². The average Bonchev–Trinajstić information content (AvgIpc) is 2.64. The summed E-state index contributed by atoms with van der Waals surface area (Å²) in [6.45, 7) is 0. The van der Waals surface area contributed by atoms with Crippen LogP contribution in [-0.4, -0.2) is 31.1 Å². The summed E-state index contributed by atoms with van der Waals surface area (Å²) in [7, 11) is 1.73. The molecule has 6 heteroatoms. The number of pyridine rings is 1. The van der Waals surface area contributed by atoms with E-state index in [0.29, 0.717) is 5.56 Å². The summed E-state index contributed by atoms with van der Waals surface area (Å²) < 4.78 is 1.56. The molecular weight excluding hydrogens is 196 g/mol. The van der Waals surface area contributed by atoms with E-state index in [1.807, 2.05) is 0 Å². The standard InChI is InChI=1S/C9H8N4O2/c1-13-8(5-11-12-13)6-2-7(9(14)15)4-10-3-6/h2-5H,1H3,(H,14,15). The summed E-state index contributed by atoms with van der Waals surface area (Å²) in [5.41, 5.74) is 1.56. The van der Waals surface area contributed by atoms with Crippen molar-refractivity contribution in [1.29, 1.82) is 0 Å². The molecule has 0 atom stereocenters. The maximum atomic E-state index is 10.7. The van der Waals surface area contributed by atoms with Crippen molar-refractivity contribution >= 4 is 5.97 Å². The van der Waals surface area contributed by atoms with Gasteiger partial charge in [-0.3, -0.25) is 4.98 Å². The lowest BCUT2D eigenvalue weighted by atomic mass is 10.1. The molecule has 6 nitrogen and oxygen atoms in total. The molecule has 0 aliphatic carbocycles. The van der Waals surface area contributed by atoms with Crippen molar-refractivity contribution in [3.05, 3.63) is 30.2 Å². The van der Waals surface area contributed by atoms with Gasteiger partial charge in [-0.15, -0.1) is 5.10 Å². The number of aromatic carboxylic acids is 1. The predicted octanol–water partition coefficient (Wildman–Crippen LogP) is 0.575. The van der Waals surface area contributed by atoms with E-state index in [1.54, 1.807) is 24.1 Å². The van der Waals surface area contributed by atoms with Crippen LogP contribution >= 0.6 is 0 Å². The minimum Gasteiger partial charge on any atom is -0.478 e. The van der Waals surface area contributed by atoms with Crippen molar-refractivity contribution in [2.75, 3.05) is 0 Å². The van der Waals surface area contributed by atoms with Crippen molar-refractivity contribution in [2.45, 2.75) is 0 Å². The zero-order valence-corrected chi connectivity index (χ0v) is 7.95. The normalized spacial score (nSPS) is 10.2. The first kappa shape index (κ1) is 9.32. The van der Waals surface area contributed by atoms with E-state index >= 15 is 0 Å². The van der Waals surface area contributed by atoms with Gasteiger partial charge in [0.05, 0.1) is 17.5 Å². The van der Waals surface area contributed by atoms with Crippen molar-refractivity contribution < 1.29 is 9.90 Å². The Balaban J connectivity index is 2.50. The molecule has 76 valence electrons. The number of rotatable bonds is 2. The first-order valence-corrected chi connectivity index (χ1v) is 4.22. The predicted molar refractivity (Wildman–Crippen MR) is 51.2 cm³/mol. The Bertz CT molecular complexity index is 506. The van der Waals surface area contributed by atoms with Crippen LogP contribution in [0.5, 0.6) is 0 Å². The number of nitrogens with zero attached hydrogens (tertiary/aromatic N) is 4. The summed E-state index contributed by atoms with van der Waals surface area (Å²) >= 11 is 0. The maximum absolute atomic E-state index is 10.7. The molecule has 1 N–H and O–H groups in total. The van der Waals surface area contributed by atoms with Crippen molar-refractivity contribution in [1.82, 2.24) is 20.0 Å². The molecule has 0 saturated carbocycles. The van der Waals surface area contributed by atoms with E-state index in [2.05, 4.69) is 15.3 Å². The lowest BCUT2D eigenvalue weighted by Gasteiger charge is -2.00. The summed E-state index contributed by atoms with van der Waals surface area (Å²) in [5, 5.41) is 16.3. The second-order valence-corrected chi connectivity index (χ2v) is 3.01. The number of hydrogen-bond acceptors (Lipinski definition) is 4. The summed E-state index contributed by atoms with van der Waals surface area (Å²) in [6, 6.07) is 1.54. The van der Waals surface area contributed by atoms with Gasteiger partial charge in [-0.25, -0.2) is 9.48 Å². The van der Waals surface area contributed by atoms with Gasteiger partial charge < -0.3 is 5.11 Å². The van der Waals surface area contributed by atoms with Gasteiger partial charge in [0.15, 0.2) is 0 Å². The molecule has 0 aromatic carbocycles. The number of hydrogen-bond donors (Lipinski definition) is 1. The summed E-state index contributed by atoms with van der Waals surface area (Å²) in [5.74, 6) is -1.00. The first-order valence-electron chi connectivity index (χ1n) is 4.22. The average molecular weight is 204 g/mol. The molecule has 2 aromatic heterocycles. The Morgan fingerprint density at radius 1 is 1.40 bits per heavy atom. The Labute approximate surface area is 85.2 Å². The molecule has 0 bridgehead atoms. The Hall–Kier alpha value is -2.24. The van der Waals surface area contributed by atoms with Crippen molar-refractivity contribution in [3.8, 4) is 11.3 Å². The van der Waals surface area contributed by atoms with Crippen LogP contribution < -0.4 is 0 Å². The van der Waals surface area contributed by atoms with Crippen LogP contribution in [0, 0.1) is 0 Å². The van der Waals surface area contributed by atoms with Gasteiger partial charge in [0.25, 0.3) is 0 Å². The first-order chi connectivity index (χ1) is 7.18. The highest BCUT2D eigenvalue weighted by Crippen LogP contribution is 2.16. The smallest absolute Gasteiger partial charge is 0.337 e. The molecule has 0 radical (unpaired) electrons. The highest BCUT2D eigenvalue weighted by molar-refractivity contribution is 5.88. The molecule has 0 unspecified atom stereocenters. The van der Waals surface area contributed by atoms with Crippen LogP contribution in [-0.2, 0) is 7.05 Å². The Morgan fingerprint density at radius 2 is 2.20 bits per heavy atom. The second kappa shape index (κ2) is 3.49. The molecule has 2 heterocycles. The highest BCUT2D eigenvalue weighted by Gasteiger charge is 2.08. The van der Waals surface area contributed by atoms with Crippen molar-refractivity contribution in [3.63, 3.8) is 0 Å². The quantitative estimate of drug-likeness (QED) is 0.773. The van der Waals surface area contributed by atoms with Gasteiger partial charge in [-0.05, 0) is 6.07 Å². The van der Waals surface area contributed by atoms with E-state index in [4.69, 9.17) is 5.11 Å². The van der Waals surface area contributed by atoms with Gasteiger partial charge in [0.1, 0.15) is 0 Å². The van der Waals surface area contributed by atoms with E-state index in [9.17, 15) is 4.79 Å². The van der Waals surface area contributed by atoms with Crippen LogP contribution in [0.25, 0.3) is 11.3 Å². The number of carbonyl (C=O) groups is 1. The monoisotopic (exact) mass is 204 g/mol. The second-order valence-electron chi connectivity index (χ2n) is 3.01. The van der Waals surface area contributed by atoms with Crippen LogP contribution in [0.4, 0.5) is 0 Å². The third kappa shape index (κ3) is 1.69. The SMILES string of the molecule is Cn1nncc1-c1cncc(C(=O)O)c1. The molecule has 0 saturated heterocycles. The van der Waals surface area contributed by atoms with Gasteiger partial charge in [-0.1, -0.05) is 5.21 Å². The number of carboxylic acid groups (broad SMARTS) is 1. The number of aromatic nitrogens is 4. The largest absolute Gasteiger partial charge is 0.478 e. The molecule has 0 aliphatic heterocycles. The fourth-order valence-electron chi connectivity index (χ4n) is 1.25. The minimum absolute atomic E-state index is 0.147. The summed E-state index contributed by atoms with van der Waals surface area (Å²) in [6.07, 6.45) is 4.43. The minimum atomic E-state index is -1.00. The van der Waals surface area contributed by atoms with Crippen LogP contribution in [0.1, 0.15) is 10.4 Å². The molecular formula is C9H8N4O2. The lowest BCUT2D eigenvalue weighted by Crippen LogP contribution is -1.99. The topological polar surface area (TPSA) is 80.9 Å². The van der Waals surface area contributed by atoms with E-state index < -0.39 is 5.97 Å². The van der Waals surface area contributed by atoms with Crippen LogP contribution in [0.15, 0.2) is 24.7 Å². The molecule has 0 spiro atoms. The van der Waals surface area contributed by atoms with Gasteiger partial charge in [-0.2, -0.15) is 0 Å². The molecule has 15 heavy (non-hydrogen) atoms. The number of carboxylic acids is 1. The Kier molecular flexibility index (Phi) is 2.17. The van der Waals surface area contributed by atoms with E-state index in [0.717, 1.165) is 5.69 Å². The van der Waals surface area contributed by atoms with E-state index in [-0.39, 0.29) is 5.56 Å². The molecule has 2 aromatic rings. The van der Waals surface area contributed by atoms with Crippen molar-refractivity contribution in [2.24, 2.45) is 7.05 Å². The fraction of sp³-hybridized carbons (Fsp3) is 0.111. The molecule has 0 amide bonds. The van der Waals surface area contributed by atoms with Crippen LogP contribution in [0.2, 0.25) is 0 Å². The lowest BCUT2D eigenvalue weighted by molar-refractivity contribution is 0.0696. The summed E-state index contributed by atoms with van der Waals surface area (Å²) in [4.78, 5) is 14.6. The maximum Gasteiger partial charge on any atom is 0.337 e. The van der Waals surface area contributed by atoms with Gasteiger partial charge in [0.2, 0.25) is 0 Å². The third-order valence-corrected chi connectivity index (χ3v) is 2.00. The fourth-order valence-corrected chi connectivity index (χ4v) is 1.25. The number of aryl methyl sites for hydroxylation is 1.